The fraction of sp³-hybridized carbons (Fsp3) is 0.167. The maximum absolute atomic E-state index is 8.26. The van der Waals surface area contributed by atoms with E-state index >= 15 is 0 Å². The van der Waals surface area contributed by atoms with Gasteiger partial charge < -0.3 is 5.11 Å². The highest BCUT2D eigenvalue weighted by Crippen LogP contribution is 1.87. The minimum absolute atomic E-state index is 0.106. The van der Waals surface area contributed by atoms with Crippen LogP contribution in [0, 0.1) is 11.8 Å². The summed E-state index contributed by atoms with van der Waals surface area (Å²) in [4.78, 5) is 0. The molecule has 0 unspecified atom stereocenters. The Bertz CT molecular complexity index is 217. The second kappa shape index (κ2) is 2.90. The van der Waals surface area contributed by atoms with Crippen molar-refractivity contribution in [3.05, 3.63) is 18.0 Å². The lowest BCUT2D eigenvalue weighted by atomic mass is 10.4. The first-order chi connectivity index (χ1) is 4.43. The lowest BCUT2D eigenvalue weighted by Gasteiger charge is -1.71. The number of H-pyrrole nitrogens is 1. The summed E-state index contributed by atoms with van der Waals surface area (Å²) in [5.41, 5.74) is 0.795. The largest absolute Gasteiger partial charge is 0.384 e. The molecule has 0 saturated carbocycles. The van der Waals surface area contributed by atoms with E-state index in [2.05, 4.69) is 22.0 Å². The van der Waals surface area contributed by atoms with Crippen molar-refractivity contribution < 1.29 is 5.11 Å². The van der Waals surface area contributed by atoms with Crippen molar-refractivity contribution in [1.82, 2.24) is 10.2 Å². The van der Waals surface area contributed by atoms with Crippen LogP contribution in [0.1, 0.15) is 5.56 Å². The Balaban J connectivity index is 2.67. The molecule has 0 aromatic carbocycles. The zero-order valence-corrected chi connectivity index (χ0v) is 4.76. The molecule has 9 heavy (non-hydrogen) atoms. The standard InChI is InChI=1S/C6H6N2O/c9-3-1-2-6-4-7-8-5-6/h4-5,9H,3H2,(H,7,8). The van der Waals surface area contributed by atoms with Crippen LogP contribution in [0.5, 0.6) is 0 Å². The molecule has 1 heterocycles. The third kappa shape index (κ3) is 1.59. The molecule has 0 atom stereocenters. The van der Waals surface area contributed by atoms with Crippen LogP contribution in [-0.2, 0) is 0 Å². The van der Waals surface area contributed by atoms with Gasteiger partial charge >= 0.3 is 0 Å². The van der Waals surface area contributed by atoms with Gasteiger partial charge in [-0.05, 0) is 0 Å². The molecule has 46 valence electrons. The van der Waals surface area contributed by atoms with Crippen molar-refractivity contribution in [2.24, 2.45) is 0 Å². The topological polar surface area (TPSA) is 48.9 Å². The third-order valence-corrected chi connectivity index (χ3v) is 0.810. The van der Waals surface area contributed by atoms with Crippen molar-refractivity contribution in [1.29, 1.82) is 0 Å². The highest BCUT2D eigenvalue weighted by molar-refractivity contribution is 5.28. The molecule has 0 radical (unpaired) electrons. The normalized spacial score (nSPS) is 8.11. The van der Waals surface area contributed by atoms with Gasteiger partial charge in [0.05, 0.1) is 11.8 Å². The van der Waals surface area contributed by atoms with Gasteiger partial charge in [0, 0.05) is 6.20 Å². The second-order valence-corrected chi connectivity index (χ2v) is 1.45. The van der Waals surface area contributed by atoms with Crippen LogP contribution >= 0.6 is 0 Å². The highest BCUT2D eigenvalue weighted by Gasteiger charge is 1.81. The second-order valence-electron chi connectivity index (χ2n) is 1.45. The molecule has 2 N–H and O–H groups in total. The van der Waals surface area contributed by atoms with Crippen LogP contribution in [0.3, 0.4) is 0 Å². The van der Waals surface area contributed by atoms with E-state index in [0.29, 0.717) is 0 Å². The van der Waals surface area contributed by atoms with Gasteiger partial charge in [0.2, 0.25) is 0 Å². The van der Waals surface area contributed by atoms with E-state index in [1.165, 1.54) is 0 Å². The fourth-order valence-electron chi connectivity index (χ4n) is 0.461. The van der Waals surface area contributed by atoms with Gasteiger partial charge in [-0.1, -0.05) is 11.8 Å². The van der Waals surface area contributed by atoms with Crippen molar-refractivity contribution in [3.63, 3.8) is 0 Å². The summed E-state index contributed by atoms with van der Waals surface area (Å²) in [5.74, 6) is 5.18. The molecule has 1 rings (SSSR count). The molecule has 0 spiro atoms. The van der Waals surface area contributed by atoms with Gasteiger partial charge in [0.1, 0.15) is 6.61 Å². The number of nitrogens with zero attached hydrogens (tertiary/aromatic N) is 1. The minimum atomic E-state index is -0.106. The van der Waals surface area contributed by atoms with E-state index in [1.807, 2.05) is 0 Å². The Labute approximate surface area is 52.7 Å². The van der Waals surface area contributed by atoms with Crippen molar-refractivity contribution >= 4 is 0 Å². The van der Waals surface area contributed by atoms with Crippen LogP contribution in [0.25, 0.3) is 0 Å². The maximum atomic E-state index is 8.26. The third-order valence-electron chi connectivity index (χ3n) is 0.810. The molecule has 0 aliphatic carbocycles. The lowest BCUT2D eigenvalue weighted by Crippen LogP contribution is -1.71. The van der Waals surface area contributed by atoms with Gasteiger partial charge in [0.15, 0.2) is 0 Å². The molecule has 0 aliphatic heterocycles. The van der Waals surface area contributed by atoms with Gasteiger partial charge in [0.25, 0.3) is 0 Å². The van der Waals surface area contributed by atoms with Crippen LogP contribution in [-0.4, -0.2) is 21.9 Å². The number of hydrogen-bond donors (Lipinski definition) is 2. The zero-order chi connectivity index (χ0) is 6.53. The molecule has 3 heteroatoms. The summed E-state index contributed by atoms with van der Waals surface area (Å²) in [6.45, 7) is -0.106. The SMILES string of the molecule is OCC#Cc1cn[nH]c1. The number of aliphatic hydroxyl groups excluding tert-OH is 1. The summed E-state index contributed by atoms with van der Waals surface area (Å²) >= 11 is 0. The van der Waals surface area contributed by atoms with Gasteiger partial charge in [-0.25, -0.2) is 0 Å². The smallest absolute Gasteiger partial charge is 0.104 e. The van der Waals surface area contributed by atoms with Gasteiger partial charge in [-0.15, -0.1) is 0 Å². The Kier molecular flexibility index (Phi) is 1.89. The highest BCUT2D eigenvalue weighted by atomic mass is 16.2. The first-order valence-corrected chi connectivity index (χ1v) is 2.52. The van der Waals surface area contributed by atoms with Crippen LogP contribution < -0.4 is 0 Å². The monoisotopic (exact) mass is 122 g/mol. The Morgan fingerprint density at radius 3 is 3.22 bits per heavy atom. The van der Waals surface area contributed by atoms with E-state index in [0.717, 1.165) is 5.56 Å². The average molecular weight is 122 g/mol. The Hall–Kier alpha value is -1.27. The van der Waals surface area contributed by atoms with Crippen LogP contribution in [0.15, 0.2) is 12.4 Å². The molecular formula is C6H6N2O. The molecule has 1 aromatic heterocycles. The summed E-state index contributed by atoms with van der Waals surface area (Å²) in [7, 11) is 0. The maximum Gasteiger partial charge on any atom is 0.104 e. The van der Waals surface area contributed by atoms with E-state index in [4.69, 9.17) is 5.11 Å². The molecule has 0 bridgehead atoms. The average Bonchev–Trinajstić information content (AvgIpc) is 2.34. The van der Waals surface area contributed by atoms with E-state index in [9.17, 15) is 0 Å². The molecule has 0 amide bonds. The molecule has 0 saturated heterocycles. The molecule has 3 nitrogen and oxygen atoms in total. The fourth-order valence-corrected chi connectivity index (χ4v) is 0.461. The minimum Gasteiger partial charge on any atom is -0.384 e. The zero-order valence-electron chi connectivity index (χ0n) is 4.76. The molecular weight excluding hydrogens is 116 g/mol. The van der Waals surface area contributed by atoms with Crippen LogP contribution in [0.2, 0.25) is 0 Å². The first kappa shape index (κ1) is 5.86. The lowest BCUT2D eigenvalue weighted by molar-refractivity contribution is 0.350. The van der Waals surface area contributed by atoms with Crippen molar-refractivity contribution in [2.75, 3.05) is 6.61 Å². The number of aromatic nitrogens is 2. The molecule has 1 aromatic rings. The van der Waals surface area contributed by atoms with Crippen molar-refractivity contribution in [2.45, 2.75) is 0 Å². The summed E-state index contributed by atoms with van der Waals surface area (Å²) in [6, 6.07) is 0. The molecule has 0 aliphatic rings. The number of nitrogens with one attached hydrogen (secondary N) is 1. The predicted molar refractivity (Wildman–Crippen MR) is 32.6 cm³/mol. The number of aliphatic hydroxyl groups is 1. The summed E-state index contributed by atoms with van der Waals surface area (Å²) in [5, 5.41) is 14.5. The van der Waals surface area contributed by atoms with Gasteiger partial charge in [-0.2, -0.15) is 5.10 Å². The summed E-state index contributed by atoms with van der Waals surface area (Å²) < 4.78 is 0. The summed E-state index contributed by atoms with van der Waals surface area (Å²) in [6.07, 6.45) is 3.27. The van der Waals surface area contributed by atoms with Gasteiger partial charge in [-0.3, -0.25) is 5.10 Å². The number of rotatable bonds is 0. The number of hydrogen-bond acceptors (Lipinski definition) is 2. The number of aromatic amines is 1. The van der Waals surface area contributed by atoms with Crippen molar-refractivity contribution in [3.8, 4) is 11.8 Å². The Morgan fingerprint density at radius 2 is 2.67 bits per heavy atom. The quantitative estimate of drug-likeness (QED) is 0.466. The Morgan fingerprint density at radius 1 is 1.78 bits per heavy atom. The van der Waals surface area contributed by atoms with E-state index < -0.39 is 0 Å². The van der Waals surface area contributed by atoms with Crippen LogP contribution in [0.4, 0.5) is 0 Å². The predicted octanol–water partition coefficient (Wildman–Crippen LogP) is -0.247. The van der Waals surface area contributed by atoms with E-state index in [1.54, 1.807) is 12.4 Å². The first-order valence-electron chi connectivity index (χ1n) is 2.52. The molecule has 0 fully saturated rings. The van der Waals surface area contributed by atoms with E-state index in [-0.39, 0.29) is 6.61 Å².